The lowest BCUT2D eigenvalue weighted by Gasteiger charge is -2.09. The van der Waals surface area contributed by atoms with Crippen LogP contribution < -0.4 is 4.74 Å². The zero-order valence-corrected chi connectivity index (χ0v) is 12.1. The highest BCUT2D eigenvalue weighted by Crippen LogP contribution is 2.27. The molecule has 0 aliphatic carbocycles. The maximum absolute atomic E-state index is 12.9. The van der Waals surface area contributed by atoms with Crippen molar-refractivity contribution in [3.05, 3.63) is 56.5 Å². The molecule has 0 fully saturated rings. The van der Waals surface area contributed by atoms with Gasteiger partial charge >= 0.3 is 0 Å². The highest BCUT2D eigenvalue weighted by Gasteiger charge is 2.06. The fourth-order valence-corrected chi connectivity index (χ4v) is 2.18. The molecule has 0 atom stereocenters. The van der Waals surface area contributed by atoms with Crippen LogP contribution in [0.3, 0.4) is 0 Å². The molecule has 0 unspecified atom stereocenters. The van der Waals surface area contributed by atoms with Crippen molar-refractivity contribution in [1.29, 1.82) is 0 Å². The average molecular weight is 351 g/mol. The maximum atomic E-state index is 12.9. The second-order valence-electron chi connectivity index (χ2n) is 3.46. The molecule has 2 nitrogen and oxygen atoms in total. The number of nitrogens with zero attached hydrogens (tertiary/aromatic N) is 1. The minimum atomic E-state index is -0.333. The average Bonchev–Trinajstić information content (AvgIpc) is 2.30. The summed E-state index contributed by atoms with van der Waals surface area (Å²) in [6, 6.07) is 5.73. The number of hydrogen-bond donors (Lipinski definition) is 0. The Morgan fingerprint density at radius 3 is 2.72 bits per heavy atom. The van der Waals surface area contributed by atoms with Gasteiger partial charge in [-0.1, -0.05) is 23.2 Å². The number of pyridine rings is 1. The number of benzene rings is 1. The summed E-state index contributed by atoms with van der Waals surface area (Å²) in [6.07, 6.45) is 1.54. The van der Waals surface area contributed by atoms with Gasteiger partial charge in [0, 0.05) is 11.8 Å². The molecule has 0 spiro atoms. The van der Waals surface area contributed by atoms with E-state index < -0.39 is 0 Å². The molecule has 18 heavy (non-hydrogen) atoms. The normalized spacial score (nSPS) is 10.4. The van der Waals surface area contributed by atoms with E-state index in [1.54, 1.807) is 12.3 Å². The zero-order valence-electron chi connectivity index (χ0n) is 8.96. The Kier molecular flexibility index (Phi) is 4.43. The summed E-state index contributed by atoms with van der Waals surface area (Å²) in [7, 11) is 0. The minimum Gasteiger partial charge on any atom is -0.488 e. The Morgan fingerprint density at radius 2 is 2.06 bits per heavy atom. The molecular formula is C12H7BrCl2FNO. The predicted molar refractivity (Wildman–Crippen MR) is 72.7 cm³/mol. The van der Waals surface area contributed by atoms with Gasteiger partial charge in [-0.3, -0.25) is 0 Å². The molecule has 2 rings (SSSR count). The minimum absolute atomic E-state index is 0.229. The molecule has 0 saturated carbocycles. The smallest absolute Gasteiger partial charge is 0.134 e. The number of hydrogen-bond acceptors (Lipinski definition) is 2. The van der Waals surface area contributed by atoms with E-state index in [1.165, 1.54) is 18.2 Å². The second kappa shape index (κ2) is 5.87. The first-order valence-electron chi connectivity index (χ1n) is 4.94. The molecule has 0 amide bonds. The van der Waals surface area contributed by atoms with Crippen LogP contribution in [0, 0.1) is 5.82 Å². The topological polar surface area (TPSA) is 22.1 Å². The number of aromatic nitrogens is 1. The van der Waals surface area contributed by atoms with Crippen molar-refractivity contribution in [3.8, 4) is 5.75 Å². The van der Waals surface area contributed by atoms with E-state index in [-0.39, 0.29) is 12.4 Å². The van der Waals surface area contributed by atoms with E-state index in [9.17, 15) is 4.39 Å². The Hall–Kier alpha value is -0.840. The van der Waals surface area contributed by atoms with Gasteiger partial charge in [-0.25, -0.2) is 9.37 Å². The van der Waals surface area contributed by atoms with E-state index in [2.05, 4.69) is 20.9 Å². The van der Waals surface area contributed by atoms with Crippen molar-refractivity contribution in [2.75, 3.05) is 0 Å². The van der Waals surface area contributed by atoms with Crippen LogP contribution in [0.4, 0.5) is 4.39 Å². The monoisotopic (exact) mass is 349 g/mol. The lowest BCUT2D eigenvalue weighted by atomic mass is 10.3. The Morgan fingerprint density at radius 1 is 1.28 bits per heavy atom. The summed E-state index contributed by atoms with van der Waals surface area (Å²) in [5, 5.41) is 0.806. The molecular weight excluding hydrogens is 344 g/mol. The van der Waals surface area contributed by atoms with Crippen molar-refractivity contribution in [2.45, 2.75) is 6.61 Å². The first-order chi connectivity index (χ1) is 8.56. The van der Waals surface area contributed by atoms with Crippen molar-refractivity contribution in [3.63, 3.8) is 0 Å². The Bertz CT molecular complexity index is 528. The highest BCUT2D eigenvalue weighted by atomic mass is 79.9. The number of ether oxygens (including phenoxy) is 1. The summed E-state index contributed by atoms with van der Waals surface area (Å²) >= 11 is 14.9. The fourth-order valence-electron chi connectivity index (χ4n) is 1.29. The molecule has 0 saturated heterocycles. The molecule has 0 radical (unpaired) electrons. The van der Waals surface area contributed by atoms with Crippen LogP contribution in [-0.2, 0) is 6.61 Å². The van der Waals surface area contributed by atoms with E-state index >= 15 is 0 Å². The van der Waals surface area contributed by atoms with E-state index in [0.29, 0.717) is 26.0 Å². The van der Waals surface area contributed by atoms with Crippen LogP contribution >= 0.6 is 39.1 Å². The summed E-state index contributed by atoms with van der Waals surface area (Å²) in [6.45, 7) is 0.229. The molecule has 6 heteroatoms. The molecule has 1 aromatic heterocycles. The summed E-state index contributed by atoms with van der Waals surface area (Å²) in [4.78, 5) is 3.92. The van der Waals surface area contributed by atoms with Gasteiger partial charge in [0.1, 0.15) is 23.3 Å². The third-order valence-electron chi connectivity index (χ3n) is 2.17. The van der Waals surface area contributed by atoms with Crippen LogP contribution in [0.25, 0.3) is 0 Å². The lowest BCUT2D eigenvalue weighted by molar-refractivity contribution is 0.303. The Balaban J connectivity index is 2.11. The maximum Gasteiger partial charge on any atom is 0.134 e. The summed E-state index contributed by atoms with van der Waals surface area (Å²) in [5.41, 5.74) is 0.706. The van der Waals surface area contributed by atoms with Gasteiger partial charge in [-0.05, 0) is 40.2 Å². The lowest BCUT2D eigenvalue weighted by Crippen LogP contribution is -1.98. The second-order valence-corrected chi connectivity index (χ2v) is 5.11. The van der Waals surface area contributed by atoms with Crippen LogP contribution in [0.15, 0.2) is 34.9 Å². The first kappa shape index (κ1) is 13.6. The molecule has 0 aliphatic heterocycles. The molecule has 1 heterocycles. The van der Waals surface area contributed by atoms with Gasteiger partial charge < -0.3 is 4.74 Å². The largest absolute Gasteiger partial charge is 0.488 e. The Labute approximate surface area is 122 Å². The molecule has 94 valence electrons. The predicted octanol–water partition coefficient (Wildman–Crippen LogP) is 4.87. The molecule has 1 aromatic carbocycles. The quantitative estimate of drug-likeness (QED) is 0.737. The molecule has 2 aromatic rings. The standard InChI is InChI=1S/C12H7BrCl2FNO/c13-9-3-8(16)1-2-11(9)18-6-7-5-17-12(15)4-10(7)14/h1-5H,6H2. The van der Waals surface area contributed by atoms with Crippen molar-refractivity contribution < 1.29 is 9.13 Å². The van der Waals surface area contributed by atoms with Crippen molar-refractivity contribution >= 4 is 39.1 Å². The first-order valence-corrected chi connectivity index (χ1v) is 6.49. The zero-order chi connectivity index (χ0) is 13.1. The third-order valence-corrected chi connectivity index (χ3v) is 3.35. The van der Waals surface area contributed by atoms with Crippen LogP contribution in [0.5, 0.6) is 5.75 Å². The van der Waals surface area contributed by atoms with Gasteiger partial charge in [0.05, 0.1) is 9.50 Å². The van der Waals surface area contributed by atoms with Crippen LogP contribution in [-0.4, -0.2) is 4.98 Å². The van der Waals surface area contributed by atoms with E-state index in [4.69, 9.17) is 27.9 Å². The van der Waals surface area contributed by atoms with Crippen molar-refractivity contribution in [1.82, 2.24) is 4.98 Å². The van der Waals surface area contributed by atoms with E-state index in [0.717, 1.165) is 0 Å². The van der Waals surface area contributed by atoms with Gasteiger partial charge in [0.2, 0.25) is 0 Å². The number of halogens is 4. The fraction of sp³-hybridized carbons (Fsp3) is 0.0833. The van der Waals surface area contributed by atoms with Crippen LogP contribution in [0.1, 0.15) is 5.56 Å². The van der Waals surface area contributed by atoms with E-state index in [1.807, 2.05) is 0 Å². The SMILES string of the molecule is Fc1ccc(OCc2cnc(Cl)cc2Cl)c(Br)c1. The highest BCUT2D eigenvalue weighted by molar-refractivity contribution is 9.10. The van der Waals surface area contributed by atoms with Gasteiger partial charge in [0.25, 0.3) is 0 Å². The molecule has 0 bridgehead atoms. The number of rotatable bonds is 3. The summed E-state index contributed by atoms with van der Waals surface area (Å²) < 4.78 is 18.9. The van der Waals surface area contributed by atoms with Gasteiger partial charge in [-0.15, -0.1) is 0 Å². The van der Waals surface area contributed by atoms with Gasteiger partial charge in [-0.2, -0.15) is 0 Å². The van der Waals surface area contributed by atoms with Gasteiger partial charge in [0.15, 0.2) is 0 Å². The summed E-state index contributed by atoms with van der Waals surface area (Å²) in [5.74, 6) is 0.197. The third kappa shape index (κ3) is 3.34. The van der Waals surface area contributed by atoms with Crippen LogP contribution in [0.2, 0.25) is 10.2 Å². The molecule has 0 aliphatic rings. The molecule has 0 N–H and O–H groups in total. The van der Waals surface area contributed by atoms with Crippen molar-refractivity contribution in [2.24, 2.45) is 0 Å².